The first-order chi connectivity index (χ1) is 13.0. The molecule has 2 aliphatic carbocycles. The van der Waals surface area contributed by atoms with Gasteiger partial charge in [-0.1, -0.05) is 57.3 Å². The smallest absolute Gasteiger partial charge is 0.329 e. The number of rotatable bonds is 12. The molecule has 0 spiro atoms. The number of carbonyl (C=O) groups is 2. The lowest BCUT2D eigenvalue weighted by atomic mass is 9.87. The van der Waals surface area contributed by atoms with Crippen molar-refractivity contribution in [2.24, 2.45) is 23.7 Å². The number of hydrogen-bond acceptors (Lipinski definition) is 4. The normalized spacial score (nSPS) is 25.5. The number of hydrogen-bond donors (Lipinski definition) is 2. The Bertz CT molecular complexity index is 533. The molecule has 2 unspecified atom stereocenters. The van der Waals surface area contributed by atoms with E-state index < -0.39 is 12.1 Å². The van der Waals surface area contributed by atoms with Gasteiger partial charge in [-0.25, -0.2) is 4.79 Å². The average Bonchev–Trinajstić information content (AvgIpc) is 3.26. The van der Waals surface area contributed by atoms with E-state index in [9.17, 15) is 14.7 Å². The van der Waals surface area contributed by atoms with E-state index in [0.29, 0.717) is 6.61 Å². The SMILES string of the molecule is CC(CC1CCCC1)C(O)/C=C/[C@H]1C=CC(=O)[C@@H]1CCCCOCC(=O)O. The van der Waals surface area contributed by atoms with Gasteiger partial charge in [0.25, 0.3) is 0 Å². The Morgan fingerprint density at radius 2 is 2.07 bits per heavy atom. The molecule has 2 rings (SSSR count). The van der Waals surface area contributed by atoms with Gasteiger partial charge in [0.2, 0.25) is 0 Å². The first kappa shape index (κ1) is 21.8. The number of carbonyl (C=O) groups excluding carboxylic acids is 1. The van der Waals surface area contributed by atoms with Crippen LogP contribution in [0.25, 0.3) is 0 Å². The average molecular weight is 379 g/mol. The molecule has 2 N–H and O–H groups in total. The van der Waals surface area contributed by atoms with E-state index in [4.69, 9.17) is 9.84 Å². The minimum Gasteiger partial charge on any atom is -0.480 e. The van der Waals surface area contributed by atoms with Gasteiger partial charge in [0.1, 0.15) is 6.61 Å². The van der Waals surface area contributed by atoms with Crippen LogP contribution in [0.5, 0.6) is 0 Å². The second-order valence-corrected chi connectivity index (χ2v) is 8.13. The second-order valence-electron chi connectivity index (χ2n) is 8.13. The Balaban J connectivity index is 1.72. The van der Waals surface area contributed by atoms with Gasteiger partial charge in [-0.2, -0.15) is 0 Å². The van der Waals surface area contributed by atoms with Crippen LogP contribution < -0.4 is 0 Å². The van der Waals surface area contributed by atoms with Gasteiger partial charge in [0, 0.05) is 18.4 Å². The van der Waals surface area contributed by atoms with Crippen LogP contribution in [0, 0.1) is 23.7 Å². The number of unbranched alkanes of at least 4 members (excludes halogenated alkanes) is 1. The minimum atomic E-state index is -0.962. The van der Waals surface area contributed by atoms with Crippen molar-refractivity contribution in [1.82, 2.24) is 0 Å². The second kappa shape index (κ2) is 11.4. The van der Waals surface area contributed by atoms with Crippen molar-refractivity contribution in [1.29, 1.82) is 0 Å². The molecule has 5 nitrogen and oxygen atoms in total. The van der Waals surface area contributed by atoms with Crippen LogP contribution in [0.15, 0.2) is 24.3 Å². The van der Waals surface area contributed by atoms with Crippen molar-refractivity contribution in [3.63, 3.8) is 0 Å². The predicted molar refractivity (Wildman–Crippen MR) is 104 cm³/mol. The van der Waals surface area contributed by atoms with E-state index in [2.05, 4.69) is 6.92 Å². The third-order valence-corrected chi connectivity index (χ3v) is 5.89. The van der Waals surface area contributed by atoms with Crippen molar-refractivity contribution in [3.05, 3.63) is 24.3 Å². The molecule has 5 heteroatoms. The van der Waals surface area contributed by atoms with Crippen LogP contribution in [0.1, 0.15) is 58.3 Å². The summed E-state index contributed by atoms with van der Waals surface area (Å²) in [6.45, 7) is 2.24. The Labute approximate surface area is 162 Å². The highest BCUT2D eigenvalue weighted by Gasteiger charge is 2.28. The summed E-state index contributed by atoms with van der Waals surface area (Å²) in [5, 5.41) is 19.0. The van der Waals surface area contributed by atoms with Gasteiger partial charge < -0.3 is 14.9 Å². The molecular formula is C22H34O5. The number of aliphatic hydroxyl groups excluding tert-OH is 1. The first-order valence-electron chi connectivity index (χ1n) is 10.4. The topological polar surface area (TPSA) is 83.8 Å². The third-order valence-electron chi connectivity index (χ3n) is 5.89. The molecule has 4 atom stereocenters. The lowest BCUT2D eigenvalue weighted by Gasteiger charge is -2.20. The fraction of sp³-hybridized carbons (Fsp3) is 0.727. The Morgan fingerprint density at radius 1 is 1.33 bits per heavy atom. The van der Waals surface area contributed by atoms with Crippen molar-refractivity contribution in [3.8, 4) is 0 Å². The molecule has 2 aliphatic rings. The Hall–Kier alpha value is -1.46. The monoisotopic (exact) mass is 378 g/mol. The van der Waals surface area contributed by atoms with E-state index in [-0.39, 0.29) is 30.1 Å². The van der Waals surface area contributed by atoms with Crippen LogP contribution in [0.4, 0.5) is 0 Å². The number of carboxylic acids is 1. The largest absolute Gasteiger partial charge is 0.480 e. The zero-order chi connectivity index (χ0) is 19.6. The molecule has 0 amide bonds. The van der Waals surface area contributed by atoms with E-state index in [1.165, 1.54) is 25.7 Å². The summed E-state index contributed by atoms with van der Waals surface area (Å²) in [7, 11) is 0. The Kier molecular flexibility index (Phi) is 9.22. The maximum Gasteiger partial charge on any atom is 0.329 e. The number of carboxylic acid groups (broad SMARTS) is 1. The standard InChI is InChI=1S/C22H34O5/c1-16(14-17-6-2-3-7-17)20(23)11-9-18-10-12-21(24)19(18)8-4-5-13-27-15-22(25)26/h9-12,16-20,23H,2-8,13-15H2,1H3,(H,25,26)/b11-9+/t16?,18-,19+,20?/m0/s1. The van der Waals surface area contributed by atoms with E-state index >= 15 is 0 Å². The summed E-state index contributed by atoms with van der Waals surface area (Å²) in [5.74, 6) is 0.159. The molecule has 0 radical (unpaired) electrons. The number of ketones is 1. The molecule has 0 aromatic carbocycles. The van der Waals surface area contributed by atoms with Gasteiger partial charge in [-0.3, -0.25) is 4.79 Å². The summed E-state index contributed by atoms with van der Waals surface area (Å²) in [6, 6.07) is 0. The maximum absolute atomic E-state index is 12.1. The van der Waals surface area contributed by atoms with Crippen molar-refractivity contribution in [2.45, 2.75) is 64.4 Å². The van der Waals surface area contributed by atoms with E-state index in [0.717, 1.165) is 31.6 Å². The molecule has 0 saturated heterocycles. The highest BCUT2D eigenvalue weighted by atomic mass is 16.5. The quantitative estimate of drug-likeness (QED) is 0.399. The van der Waals surface area contributed by atoms with Crippen LogP contribution in [0.3, 0.4) is 0 Å². The number of aliphatic carboxylic acids is 1. The molecule has 27 heavy (non-hydrogen) atoms. The predicted octanol–water partition coefficient (Wildman–Crippen LogP) is 3.76. The fourth-order valence-electron chi connectivity index (χ4n) is 4.26. The van der Waals surface area contributed by atoms with Crippen LogP contribution >= 0.6 is 0 Å². The van der Waals surface area contributed by atoms with Gasteiger partial charge >= 0.3 is 5.97 Å². The molecule has 1 saturated carbocycles. The minimum absolute atomic E-state index is 0.0470. The van der Waals surface area contributed by atoms with Gasteiger partial charge in [0.05, 0.1) is 6.10 Å². The summed E-state index contributed by atoms with van der Waals surface area (Å²) < 4.78 is 5.03. The highest BCUT2D eigenvalue weighted by Crippen LogP contribution is 2.32. The van der Waals surface area contributed by atoms with Gasteiger partial charge in [0.15, 0.2) is 5.78 Å². The summed E-state index contributed by atoms with van der Waals surface area (Å²) in [4.78, 5) is 22.5. The molecule has 0 aliphatic heterocycles. The summed E-state index contributed by atoms with van der Waals surface area (Å²) in [5.41, 5.74) is 0. The van der Waals surface area contributed by atoms with Gasteiger partial charge in [-0.05, 0) is 37.2 Å². The maximum atomic E-state index is 12.1. The number of aliphatic hydroxyl groups is 1. The van der Waals surface area contributed by atoms with Crippen molar-refractivity contribution >= 4 is 11.8 Å². The fourth-order valence-corrected chi connectivity index (χ4v) is 4.26. The number of allylic oxidation sites excluding steroid dienone is 3. The van der Waals surface area contributed by atoms with Gasteiger partial charge in [-0.15, -0.1) is 0 Å². The molecule has 0 heterocycles. The summed E-state index contributed by atoms with van der Waals surface area (Å²) >= 11 is 0. The third kappa shape index (κ3) is 7.59. The Morgan fingerprint density at radius 3 is 2.78 bits per heavy atom. The van der Waals surface area contributed by atoms with Crippen LogP contribution in [-0.2, 0) is 14.3 Å². The lowest BCUT2D eigenvalue weighted by molar-refractivity contribution is -0.142. The van der Waals surface area contributed by atoms with Crippen molar-refractivity contribution < 1.29 is 24.5 Å². The number of ether oxygens (including phenoxy) is 1. The molecule has 0 bridgehead atoms. The first-order valence-corrected chi connectivity index (χ1v) is 10.4. The summed E-state index contributed by atoms with van der Waals surface area (Å²) in [6.07, 6.45) is 15.6. The highest BCUT2D eigenvalue weighted by molar-refractivity contribution is 5.94. The molecule has 152 valence electrons. The zero-order valence-electron chi connectivity index (χ0n) is 16.4. The van der Waals surface area contributed by atoms with Crippen LogP contribution in [-0.4, -0.2) is 41.3 Å². The molecule has 1 fully saturated rings. The van der Waals surface area contributed by atoms with Crippen LogP contribution in [0.2, 0.25) is 0 Å². The molecule has 0 aromatic heterocycles. The lowest BCUT2D eigenvalue weighted by Crippen LogP contribution is -2.19. The van der Waals surface area contributed by atoms with E-state index in [1.54, 1.807) is 6.08 Å². The van der Waals surface area contributed by atoms with Crippen molar-refractivity contribution in [2.75, 3.05) is 13.2 Å². The molecule has 0 aromatic rings. The molecular weight excluding hydrogens is 344 g/mol. The zero-order valence-corrected chi connectivity index (χ0v) is 16.4. The van der Waals surface area contributed by atoms with E-state index in [1.807, 2.05) is 18.2 Å².